The smallest absolute Gasteiger partial charge is 0.312 e. The van der Waals surface area contributed by atoms with Gasteiger partial charge in [0.2, 0.25) is 0 Å². The van der Waals surface area contributed by atoms with Crippen LogP contribution < -0.4 is 20.1 Å². The lowest BCUT2D eigenvalue weighted by Gasteiger charge is -2.29. The van der Waals surface area contributed by atoms with Crippen molar-refractivity contribution in [3.63, 3.8) is 0 Å². The minimum absolute atomic E-state index is 0.130. The van der Waals surface area contributed by atoms with Crippen molar-refractivity contribution in [2.45, 2.75) is 25.4 Å². The van der Waals surface area contributed by atoms with Gasteiger partial charge in [0.15, 0.2) is 11.5 Å². The summed E-state index contributed by atoms with van der Waals surface area (Å²) in [6.45, 7) is 2.82. The number of carbonyl (C=O) groups is 2. The van der Waals surface area contributed by atoms with Gasteiger partial charge in [-0.05, 0) is 38.1 Å². The number of hydrogen-bond donors (Lipinski definition) is 2. The van der Waals surface area contributed by atoms with Crippen molar-refractivity contribution in [2.75, 3.05) is 32.8 Å². The van der Waals surface area contributed by atoms with E-state index in [4.69, 9.17) is 14.2 Å². The number of piperidine rings is 1. The van der Waals surface area contributed by atoms with Crippen molar-refractivity contribution in [2.24, 2.45) is 5.41 Å². The van der Waals surface area contributed by atoms with Crippen molar-refractivity contribution < 1.29 is 23.8 Å². The third kappa shape index (κ3) is 3.27. The molecule has 8 heteroatoms. The number of carbonyl (C=O) groups excluding carboxylic acids is 2. The Kier molecular flexibility index (Phi) is 4.79. The standard InChI is InChI=1S/C18H21BrN2O5/c19-11-7-13(15-14(8-11)24-5-6-25-15)16(22)21-10-12-9-18(17(23)26-12)1-3-20-4-2-18/h7-8,12,20H,1-6,9-10H2,(H,21,22). The third-order valence-corrected chi connectivity index (χ3v) is 5.69. The van der Waals surface area contributed by atoms with Gasteiger partial charge in [-0.3, -0.25) is 9.59 Å². The molecule has 1 atom stereocenters. The molecule has 0 radical (unpaired) electrons. The van der Waals surface area contributed by atoms with E-state index in [1.807, 2.05) is 0 Å². The zero-order valence-electron chi connectivity index (χ0n) is 14.3. The van der Waals surface area contributed by atoms with Crippen LogP contribution in [0.5, 0.6) is 11.5 Å². The highest BCUT2D eigenvalue weighted by Crippen LogP contribution is 2.41. The van der Waals surface area contributed by atoms with Crippen LogP contribution in [0.25, 0.3) is 0 Å². The zero-order valence-corrected chi connectivity index (χ0v) is 15.9. The molecule has 0 aromatic heterocycles. The van der Waals surface area contributed by atoms with Gasteiger partial charge in [0, 0.05) is 10.9 Å². The summed E-state index contributed by atoms with van der Waals surface area (Å²) in [5, 5.41) is 6.14. The number of cyclic esters (lactones) is 1. The molecule has 7 nitrogen and oxygen atoms in total. The van der Waals surface area contributed by atoms with E-state index in [0.29, 0.717) is 43.2 Å². The molecule has 140 valence electrons. The molecule has 0 aliphatic carbocycles. The molecule has 1 amide bonds. The van der Waals surface area contributed by atoms with Crippen LogP contribution >= 0.6 is 15.9 Å². The molecule has 1 aromatic rings. The number of hydrogen-bond acceptors (Lipinski definition) is 6. The molecule has 2 fully saturated rings. The maximum Gasteiger partial charge on any atom is 0.312 e. The second kappa shape index (κ2) is 7.08. The number of nitrogens with one attached hydrogen (secondary N) is 2. The molecule has 2 N–H and O–H groups in total. The largest absolute Gasteiger partial charge is 0.486 e. The molecular formula is C18H21BrN2O5. The molecule has 4 rings (SSSR count). The van der Waals surface area contributed by atoms with Gasteiger partial charge in [-0.25, -0.2) is 0 Å². The van der Waals surface area contributed by atoms with E-state index >= 15 is 0 Å². The predicted octanol–water partition coefficient (Wildman–Crippen LogP) is 1.64. The molecule has 3 aliphatic rings. The Hall–Kier alpha value is -1.80. The Morgan fingerprint density at radius 2 is 2.04 bits per heavy atom. The predicted molar refractivity (Wildman–Crippen MR) is 96.5 cm³/mol. The van der Waals surface area contributed by atoms with Gasteiger partial charge in [-0.1, -0.05) is 15.9 Å². The normalized spacial score (nSPS) is 23.6. The average Bonchev–Trinajstić information content (AvgIpc) is 2.94. The molecule has 1 aromatic carbocycles. The fraction of sp³-hybridized carbons (Fsp3) is 0.556. The maximum absolute atomic E-state index is 12.7. The second-order valence-electron chi connectivity index (χ2n) is 6.95. The quantitative estimate of drug-likeness (QED) is 0.717. The van der Waals surface area contributed by atoms with Gasteiger partial charge in [0.05, 0.1) is 17.5 Å². The van der Waals surface area contributed by atoms with E-state index in [1.54, 1.807) is 12.1 Å². The van der Waals surface area contributed by atoms with Crippen LogP contribution in [0, 0.1) is 5.41 Å². The summed E-state index contributed by atoms with van der Waals surface area (Å²) in [6.07, 6.45) is 1.95. The molecule has 0 saturated carbocycles. The van der Waals surface area contributed by atoms with Gasteiger partial charge < -0.3 is 24.8 Å². The Bertz CT molecular complexity index is 733. The van der Waals surface area contributed by atoms with Crippen LogP contribution in [0.15, 0.2) is 16.6 Å². The summed E-state index contributed by atoms with van der Waals surface area (Å²) in [7, 11) is 0. The molecule has 3 aliphatic heterocycles. The first kappa shape index (κ1) is 17.6. The van der Waals surface area contributed by atoms with Crippen LogP contribution in [-0.2, 0) is 9.53 Å². The van der Waals surface area contributed by atoms with E-state index in [9.17, 15) is 9.59 Å². The summed E-state index contributed by atoms with van der Waals surface area (Å²) >= 11 is 3.39. The van der Waals surface area contributed by atoms with Gasteiger partial charge in [-0.2, -0.15) is 0 Å². The monoisotopic (exact) mass is 424 g/mol. The van der Waals surface area contributed by atoms with E-state index in [0.717, 1.165) is 30.4 Å². The molecule has 1 spiro atoms. The first-order valence-corrected chi connectivity index (χ1v) is 9.66. The first-order chi connectivity index (χ1) is 12.6. The molecule has 1 unspecified atom stereocenters. The van der Waals surface area contributed by atoms with E-state index in [1.165, 1.54) is 0 Å². The van der Waals surface area contributed by atoms with Crippen LogP contribution in [-0.4, -0.2) is 50.8 Å². The number of fused-ring (bicyclic) bond motifs is 1. The number of benzene rings is 1. The van der Waals surface area contributed by atoms with Gasteiger partial charge in [0.25, 0.3) is 5.91 Å². The van der Waals surface area contributed by atoms with Crippen molar-refractivity contribution in [3.8, 4) is 11.5 Å². The molecule has 26 heavy (non-hydrogen) atoms. The summed E-state index contributed by atoms with van der Waals surface area (Å²) in [5.74, 6) is 0.608. The number of halogens is 1. The Labute approximate surface area is 159 Å². The van der Waals surface area contributed by atoms with E-state index < -0.39 is 0 Å². The van der Waals surface area contributed by atoms with Crippen LogP contribution in [0.3, 0.4) is 0 Å². The fourth-order valence-corrected chi connectivity index (χ4v) is 4.29. The Balaban J connectivity index is 1.42. The van der Waals surface area contributed by atoms with Crippen LogP contribution in [0.4, 0.5) is 0 Å². The maximum atomic E-state index is 12.7. The number of amides is 1. The minimum atomic E-state index is -0.382. The molecule has 3 heterocycles. The topological polar surface area (TPSA) is 85.9 Å². The molecular weight excluding hydrogens is 404 g/mol. The van der Waals surface area contributed by atoms with Gasteiger partial charge >= 0.3 is 5.97 Å². The van der Waals surface area contributed by atoms with Crippen molar-refractivity contribution in [3.05, 3.63) is 22.2 Å². The first-order valence-electron chi connectivity index (χ1n) is 8.87. The summed E-state index contributed by atoms with van der Waals surface area (Å²) in [5.41, 5.74) is 0.0296. The van der Waals surface area contributed by atoms with Gasteiger partial charge in [-0.15, -0.1) is 0 Å². The summed E-state index contributed by atoms with van der Waals surface area (Å²) < 4.78 is 17.4. The third-order valence-electron chi connectivity index (χ3n) is 5.23. The molecule has 2 saturated heterocycles. The number of rotatable bonds is 3. The Morgan fingerprint density at radius 3 is 2.85 bits per heavy atom. The lowest BCUT2D eigenvalue weighted by Crippen LogP contribution is -2.39. The summed E-state index contributed by atoms with van der Waals surface area (Å²) in [4.78, 5) is 25.0. The lowest BCUT2D eigenvalue weighted by atomic mass is 9.76. The molecule has 0 bridgehead atoms. The van der Waals surface area contributed by atoms with Crippen molar-refractivity contribution >= 4 is 27.8 Å². The van der Waals surface area contributed by atoms with E-state index in [-0.39, 0.29) is 23.4 Å². The summed E-state index contributed by atoms with van der Waals surface area (Å²) in [6, 6.07) is 3.49. The van der Waals surface area contributed by atoms with Crippen LogP contribution in [0.2, 0.25) is 0 Å². The number of esters is 1. The highest BCUT2D eigenvalue weighted by atomic mass is 79.9. The fourth-order valence-electron chi connectivity index (χ4n) is 3.86. The van der Waals surface area contributed by atoms with Gasteiger partial charge in [0.1, 0.15) is 19.3 Å². The van der Waals surface area contributed by atoms with Crippen molar-refractivity contribution in [1.29, 1.82) is 0 Å². The van der Waals surface area contributed by atoms with Crippen molar-refractivity contribution in [1.82, 2.24) is 10.6 Å². The van der Waals surface area contributed by atoms with Crippen LogP contribution in [0.1, 0.15) is 29.6 Å². The average molecular weight is 425 g/mol. The Morgan fingerprint density at radius 1 is 1.27 bits per heavy atom. The lowest BCUT2D eigenvalue weighted by molar-refractivity contribution is -0.149. The zero-order chi connectivity index (χ0) is 18.1. The van der Waals surface area contributed by atoms with E-state index in [2.05, 4.69) is 26.6 Å². The second-order valence-corrected chi connectivity index (χ2v) is 7.87. The highest BCUT2D eigenvalue weighted by Gasteiger charge is 2.49. The SMILES string of the molecule is O=C(NCC1CC2(CCNCC2)C(=O)O1)c1cc(Br)cc2c1OCCO2. The minimum Gasteiger partial charge on any atom is -0.486 e. The highest BCUT2D eigenvalue weighted by molar-refractivity contribution is 9.10. The number of ether oxygens (including phenoxy) is 3.